The number of carbonyl (C=O) groups is 1. The molecule has 0 aliphatic heterocycles. The van der Waals surface area contributed by atoms with Crippen molar-refractivity contribution in [3.8, 4) is 0 Å². The molecule has 0 spiro atoms. The first kappa shape index (κ1) is 13.8. The number of esters is 1. The Morgan fingerprint density at radius 3 is 2.71 bits per heavy atom. The smallest absolute Gasteiger partial charge is 0.306 e. The van der Waals surface area contributed by atoms with Gasteiger partial charge in [-0.05, 0) is 18.8 Å². The van der Waals surface area contributed by atoms with E-state index in [0.717, 1.165) is 18.8 Å². The lowest BCUT2D eigenvalue weighted by Gasteiger charge is -2.07. The summed E-state index contributed by atoms with van der Waals surface area (Å²) in [6.07, 6.45) is 5.04. The molecule has 0 aromatic rings. The SMILES string of the molecule is CCC(C)CCCCOC(=O)CCS. The van der Waals surface area contributed by atoms with Crippen molar-refractivity contribution in [2.45, 2.75) is 46.0 Å². The molecule has 3 heteroatoms. The minimum Gasteiger partial charge on any atom is -0.466 e. The Kier molecular flexibility index (Phi) is 9.26. The van der Waals surface area contributed by atoms with Gasteiger partial charge in [0.05, 0.1) is 13.0 Å². The van der Waals surface area contributed by atoms with Crippen molar-refractivity contribution in [1.82, 2.24) is 0 Å². The molecule has 0 rings (SSSR count). The van der Waals surface area contributed by atoms with Crippen molar-refractivity contribution < 1.29 is 9.53 Å². The van der Waals surface area contributed by atoms with Crippen LogP contribution in [0.1, 0.15) is 46.0 Å². The molecule has 0 heterocycles. The maximum atomic E-state index is 10.9. The second-order valence-electron chi connectivity index (χ2n) is 3.70. The van der Waals surface area contributed by atoms with Gasteiger partial charge in [-0.3, -0.25) is 4.79 Å². The number of carbonyl (C=O) groups excluding carboxylic acids is 1. The van der Waals surface area contributed by atoms with Gasteiger partial charge >= 0.3 is 5.97 Å². The Hall–Kier alpha value is -0.180. The van der Waals surface area contributed by atoms with Crippen molar-refractivity contribution in [3.63, 3.8) is 0 Å². The molecule has 0 bridgehead atoms. The van der Waals surface area contributed by atoms with E-state index in [0.29, 0.717) is 18.8 Å². The van der Waals surface area contributed by atoms with Crippen LogP contribution in [0.5, 0.6) is 0 Å². The Balaban J connectivity index is 3.17. The van der Waals surface area contributed by atoms with Crippen molar-refractivity contribution in [3.05, 3.63) is 0 Å². The normalized spacial score (nSPS) is 12.5. The van der Waals surface area contributed by atoms with Gasteiger partial charge in [0.25, 0.3) is 0 Å². The minimum atomic E-state index is -0.122. The fourth-order valence-corrected chi connectivity index (χ4v) is 1.33. The summed E-state index contributed by atoms with van der Waals surface area (Å²) in [5.74, 6) is 1.25. The van der Waals surface area contributed by atoms with Gasteiger partial charge < -0.3 is 4.74 Å². The molecule has 0 saturated carbocycles. The molecular weight excluding hydrogens is 196 g/mol. The molecule has 0 aromatic heterocycles. The topological polar surface area (TPSA) is 26.3 Å². The van der Waals surface area contributed by atoms with E-state index < -0.39 is 0 Å². The molecule has 0 aromatic carbocycles. The van der Waals surface area contributed by atoms with Gasteiger partial charge in [0.15, 0.2) is 0 Å². The lowest BCUT2D eigenvalue weighted by atomic mass is 10.0. The summed E-state index contributed by atoms with van der Waals surface area (Å²) in [5, 5.41) is 0. The molecule has 0 aliphatic carbocycles. The van der Waals surface area contributed by atoms with Crippen LogP contribution in [-0.4, -0.2) is 18.3 Å². The predicted molar refractivity (Wildman–Crippen MR) is 62.7 cm³/mol. The quantitative estimate of drug-likeness (QED) is 0.385. The van der Waals surface area contributed by atoms with Gasteiger partial charge in [0.2, 0.25) is 0 Å². The Morgan fingerprint density at radius 1 is 1.43 bits per heavy atom. The van der Waals surface area contributed by atoms with E-state index >= 15 is 0 Å². The number of rotatable bonds is 8. The van der Waals surface area contributed by atoms with E-state index in [9.17, 15) is 4.79 Å². The monoisotopic (exact) mass is 218 g/mol. The van der Waals surface area contributed by atoms with Crippen LogP contribution >= 0.6 is 12.6 Å². The fourth-order valence-electron chi connectivity index (χ4n) is 1.15. The maximum absolute atomic E-state index is 10.9. The van der Waals surface area contributed by atoms with Crippen molar-refractivity contribution in [1.29, 1.82) is 0 Å². The third kappa shape index (κ3) is 8.42. The molecule has 84 valence electrons. The van der Waals surface area contributed by atoms with Crippen LogP contribution in [0.2, 0.25) is 0 Å². The Morgan fingerprint density at radius 2 is 2.14 bits per heavy atom. The highest BCUT2D eigenvalue weighted by Crippen LogP contribution is 2.10. The van der Waals surface area contributed by atoms with Crippen LogP contribution in [0.15, 0.2) is 0 Å². The summed E-state index contributed by atoms with van der Waals surface area (Å²) in [7, 11) is 0. The molecule has 0 aliphatic rings. The standard InChI is InChI=1S/C11H22O2S/c1-3-10(2)6-4-5-8-13-11(12)7-9-14/h10,14H,3-9H2,1-2H3. The zero-order chi connectivity index (χ0) is 10.8. The lowest BCUT2D eigenvalue weighted by Crippen LogP contribution is -2.06. The zero-order valence-electron chi connectivity index (χ0n) is 9.29. The number of ether oxygens (including phenoxy) is 1. The van der Waals surface area contributed by atoms with E-state index in [2.05, 4.69) is 26.5 Å². The van der Waals surface area contributed by atoms with Gasteiger partial charge in [0.1, 0.15) is 0 Å². The Bertz CT molecular complexity index is 148. The second-order valence-corrected chi connectivity index (χ2v) is 4.15. The predicted octanol–water partition coefficient (Wildman–Crippen LogP) is 3.07. The highest BCUT2D eigenvalue weighted by atomic mass is 32.1. The lowest BCUT2D eigenvalue weighted by molar-refractivity contribution is -0.143. The first-order chi connectivity index (χ1) is 6.70. The van der Waals surface area contributed by atoms with Crippen molar-refractivity contribution in [2.75, 3.05) is 12.4 Å². The second kappa shape index (κ2) is 9.38. The zero-order valence-corrected chi connectivity index (χ0v) is 10.2. The van der Waals surface area contributed by atoms with Gasteiger partial charge in [0, 0.05) is 5.75 Å². The summed E-state index contributed by atoms with van der Waals surface area (Å²) in [6, 6.07) is 0. The maximum Gasteiger partial charge on any atom is 0.306 e. The largest absolute Gasteiger partial charge is 0.466 e. The molecule has 0 amide bonds. The number of thiol groups is 1. The average molecular weight is 218 g/mol. The van der Waals surface area contributed by atoms with Gasteiger partial charge in [-0.1, -0.05) is 26.7 Å². The number of hydrogen-bond acceptors (Lipinski definition) is 3. The van der Waals surface area contributed by atoms with E-state index in [1.54, 1.807) is 0 Å². The van der Waals surface area contributed by atoms with Crippen LogP contribution < -0.4 is 0 Å². The molecule has 1 atom stereocenters. The highest BCUT2D eigenvalue weighted by Gasteiger charge is 2.01. The van der Waals surface area contributed by atoms with E-state index in [4.69, 9.17) is 4.74 Å². The molecule has 2 nitrogen and oxygen atoms in total. The van der Waals surface area contributed by atoms with Gasteiger partial charge in [-0.25, -0.2) is 0 Å². The molecular formula is C11H22O2S. The van der Waals surface area contributed by atoms with Gasteiger partial charge in [-0.2, -0.15) is 12.6 Å². The molecule has 0 fully saturated rings. The van der Waals surface area contributed by atoms with Crippen LogP contribution in [0.4, 0.5) is 0 Å². The third-order valence-corrected chi connectivity index (χ3v) is 2.59. The molecule has 14 heavy (non-hydrogen) atoms. The van der Waals surface area contributed by atoms with E-state index in [1.165, 1.54) is 12.8 Å². The average Bonchev–Trinajstić information content (AvgIpc) is 2.17. The van der Waals surface area contributed by atoms with E-state index in [1.807, 2.05) is 0 Å². The summed E-state index contributed by atoms with van der Waals surface area (Å²) in [5.41, 5.74) is 0. The molecule has 1 unspecified atom stereocenters. The first-order valence-electron chi connectivity index (χ1n) is 5.47. The first-order valence-corrected chi connectivity index (χ1v) is 6.10. The van der Waals surface area contributed by atoms with Gasteiger partial charge in [-0.15, -0.1) is 0 Å². The van der Waals surface area contributed by atoms with Crippen LogP contribution in [0.25, 0.3) is 0 Å². The van der Waals surface area contributed by atoms with E-state index in [-0.39, 0.29) is 5.97 Å². The van der Waals surface area contributed by atoms with Crippen molar-refractivity contribution >= 4 is 18.6 Å². The third-order valence-electron chi connectivity index (χ3n) is 2.37. The summed E-state index contributed by atoms with van der Waals surface area (Å²) < 4.78 is 5.01. The number of hydrogen-bond donors (Lipinski definition) is 1. The fraction of sp³-hybridized carbons (Fsp3) is 0.909. The molecule has 0 N–H and O–H groups in total. The Labute approximate surface area is 92.8 Å². The number of unbranched alkanes of at least 4 members (excludes halogenated alkanes) is 1. The highest BCUT2D eigenvalue weighted by molar-refractivity contribution is 7.80. The summed E-state index contributed by atoms with van der Waals surface area (Å²) >= 11 is 3.96. The molecule has 0 saturated heterocycles. The summed E-state index contributed by atoms with van der Waals surface area (Å²) in [6.45, 7) is 5.04. The van der Waals surface area contributed by atoms with Crippen molar-refractivity contribution in [2.24, 2.45) is 5.92 Å². The molecule has 0 radical (unpaired) electrons. The summed E-state index contributed by atoms with van der Waals surface area (Å²) in [4.78, 5) is 10.9. The van der Waals surface area contributed by atoms with Crippen LogP contribution in [0.3, 0.4) is 0 Å². The van der Waals surface area contributed by atoms with Crippen LogP contribution in [-0.2, 0) is 9.53 Å². The minimum absolute atomic E-state index is 0.122. The van der Waals surface area contributed by atoms with Crippen LogP contribution in [0, 0.1) is 5.92 Å².